The molecule has 0 aliphatic heterocycles. The van der Waals surface area contributed by atoms with Crippen LogP contribution in [0.1, 0.15) is 91.9 Å². The molecule has 0 radical (unpaired) electrons. The summed E-state index contributed by atoms with van der Waals surface area (Å²) in [4.78, 5) is 0. The Morgan fingerprint density at radius 2 is 1.16 bits per heavy atom. The fourth-order valence-corrected chi connectivity index (χ4v) is 2.99. The van der Waals surface area contributed by atoms with Crippen molar-refractivity contribution < 1.29 is 20.8 Å². The van der Waals surface area contributed by atoms with Crippen molar-refractivity contribution in [2.75, 3.05) is 0 Å². The number of allylic oxidation sites excluding steroid dienone is 8. The van der Waals surface area contributed by atoms with E-state index in [9.17, 15) is 0 Å². The third kappa shape index (κ3) is 11.7. The van der Waals surface area contributed by atoms with Crippen molar-refractivity contribution in [1.82, 2.24) is 0 Å². The summed E-state index contributed by atoms with van der Waals surface area (Å²) in [5.74, 6) is 0. The first-order valence-corrected chi connectivity index (χ1v) is 16.1. The quantitative estimate of drug-likeness (QED) is 0.318. The molecule has 0 spiro atoms. The van der Waals surface area contributed by atoms with Gasteiger partial charge in [0.15, 0.2) is 0 Å². The number of unbranched alkanes of at least 4 members (excludes halogenated alkanes) is 2. The number of hydrogen-bond donors (Lipinski definition) is 0. The molecule has 0 aromatic rings. The van der Waals surface area contributed by atoms with E-state index in [1.807, 2.05) is 0 Å². The zero-order chi connectivity index (χ0) is 18.9. The Morgan fingerprint density at radius 3 is 1.44 bits per heavy atom. The van der Waals surface area contributed by atoms with Crippen LogP contribution in [0.2, 0.25) is 0 Å². The minimum atomic E-state index is -0.826. The summed E-state index contributed by atoms with van der Waals surface area (Å²) in [5, 5.41) is 0. The molecule has 0 saturated heterocycles. The Bertz CT molecular complexity index is 417. The molecule has 0 fully saturated rings. The van der Waals surface area contributed by atoms with Gasteiger partial charge in [0.25, 0.3) is 0 Å². The summed E-state index contributed by atoms with van der Waals surface area (Å²) in [5.41, 5.74) is 6.07. The summed E-state index contributed by atoms with van der Waals surface area (Å²) in [6, 6.07) is 0. The van der Waals surface area contributed by atoms with Crippen LogP contribution in [0.3, 0.4) is 0 Å². The Morgan fingerprint density at radius 1 is 0.800 bits per heavy atom. The number of halogens is 2. The van der Waals surface area contributed by atoms with E-state index in [0.717, 1.165) is 12.8 Å². The first kappa shape index (κ1) is 25.4. The molecule has 0 amide bonds. The van der Waals surface area contributed by atoms with Crippen molar-refractivity contribution in [2.45, 2.75) is 91.9 Å². The van der Waals surface area contributed by atoms with Gasteiger partial charge < -0.3 is 0 Å². The van der Waals surface area contributed by atoms with Crippen LogP contribution in [-0.2, 0) is 20.8 Å². The van der Waals surface area contributed by atoms with Crippen LogP contribution in [0.25, 0.3) is 0 Å². The summed E-state index contributed by atoms with van der Waals surface area (Å²) in [6.07, 6.45) is 23.7. The van der Waals surface area contributed by atoms with Gasteiger partial charge in [-0.1, -0.05) is 79.1 Å². The average molecular weight is 461 g/mol. The first-order valence-electron chi connectivity index (χ1n) is 9.72. The maximum absolute atomic E-state index is 4.93. The monoisotopic (exact) mass is 458 g/mol. The number of hydrogen-bond acceptors (Lipinski definition) is 0. The van der Waals surface area contributed by atoms with Gasteiger partial charge in [0.05, 0.1) is 0 Å². The summed E-state index contributed by atoms with van der Waals surface area (Å²) in [6.45, 7) is 8.94. The van der Waals surface area contributed by atoms with Crippen LogP contribution in [-0.4, -0.2) is 0 Å². The fourth-order valence-electron chi connectivity index (χ4n) is 2.99. The molecule has 25 heavy (non-hydrogen) atoms. The van der Waals surface area contributed by atoms with E-state index < -0.39 is 20.8 Å². The molecular formula is C22H34Cl2Zr. The standard InChI is InChI=1S/2C11H17.2ClH.Zr/c2*1-3-5-7-11-9-6-8-10(11)4-2;;;/h2*8H,3-7H2,1-2H3;2*1H;/q2*-1;;;+4/p-2. The van der Waals surface area contributed by atoms with E-state index in [1.165, 1.54) is 62.5 Å². The zero-order valence-corrected chi connectivity index (χ0v) is 20.5. The molecule has 0 aromatic carbocycles. The fraction of sp³-hybridized carbons (Fsp3) is 0.636. The van der Waals surface area contributed by atoms with Crippen molar-refractivity contribution in [1.29, 1.82) is 0 Å². The van der Waals surface area contributed by atoms with E-state index in [2.05, 4.69) is 52.0 Å². The molecule has 0 bridgehead atoms. The predicted molar refractivity (Wildman–Crippen MR) is 110 cm³/mol. The number of rotatable bonds is 8. The molecule has 2 aliphatic rings. The minimum absolute atomic E-state index is 0.826. The van der Waals surface area contributed by atoms with Gasteiger partial charge in [0, 0.05) is 0 Å². The van der Waals surface area contributed by atoms with Gasteiger partial charge in [-0.15, -0.1) is 12.8 Å². The summed E-state index contributed by atoms with van der Waals surface area (Å²) in [7, 11) is 9.87. The van der Waals surface area contributed by atoms with Gasteiger partial charge in [-0.25, -0.2) is 11.1 Å². The molecule has 0 atom stereocenters. The molecule has 0 heterocycles. The second-order valence-electron chi connectivity index (χ2n) is 6.16. The predicted octanol–water partition coefficient (Wildman–Crippen LogP) is 8.67. The van der Waals surface area contributed by atoms with Crippen LogP contribution in [0.5, 0.6) is 0 Å². The Kier molecular flexibility index (Phi) is 18.1. The van der Waals surface area contributed by atoms with E-state index in [-0.39, 0.29) is 0 Å². The van der Waals surface area contributed by atoms with Crippen LogP contribution < -0.4 is 0 Å². The molecule has 2 aliphatic carbocycles. The summed E-state index contributed by atoms with van der Waals surface area (Å²) < 4.78 is 0. The van der Waals surface area contributed by atoms with Crippen molar-refractivity contribution in [2.24, 2.45) is 0 Å². The van der Waals surface area contributed by atoms with Crippen molar-refractivity contribution >= 4 is 17.0 Å². The second-order valence-corrected chi connectivity index (χ2v) is 9.90. The Balaban J connectivity index is 0.000000399. The van der Waals surface area contributed by atoms with Gasteiger partial charge in [-0.05, 0) is 0 Å². The third-order valence-corrected chi connectivity index (χ3v) is 4.43. The molecule has 0 aromatic heterocycles. The van der Waals surface area contributed by atoms with Crippen molar-refractivity contribution in [3.63, 3.8) is 0 Å². The maximum atomic E-state index is 4.93. The SMILES string of the molecule is CCCCC1=[C-]CC=C1CC.CCCCC1=[C-]CC=C1CC.[Cl][Zr+2][Cl]. The van der Waals surface area contributed by atoms with E-state index >= 15 is 0 Å². The topological polar surface area (TPSA) is 0 Å². The van der Waals surface area contributed by atoms with Gasteiger partial charge in [0.2, 0.25) is 0 Å². The molecule has 0 saturated carbocycles. The molecule has 2 rings (SSSR count). The van der Waals surface area contributed by atoms with E-state index in [0.29, 0.717) is 0 Å². The van der Waals surface area contributed by atoms with Crippen LogP contribution >= 0.6 is 17.0 Å². The van der Waals surface area contributed by atoms with Crippen LogP contribution in [0.15, 0.2) is 34.4 Å². The zero-order valence-electron chi connectivity index (χ0n) is 16.5. The van der Waals surface area contributed by atoms with Gasteiger partial charge in [0.1, 0.15) is 0 Å². The molecule has 0 nitrogen and oxygen atoms in total. The Labute approximate surface area is 175 Å². The van der Waals surface area contributed by atoms with Crippen LogP contribution in [0.4, 0.5) is 0 Å². The van der Waals surface area contributed by atoms with Crippen molar-refractivity contribution in [3.05, 3.63) is 46.6 Å². The normalized spacial score (nSPS) is 15.0. The van der Waals surface area contributed by atoms with Crippen LogP contribution in [0, 0.1) is 12.2 Å². The van der Waals surface area contributed by atoms with E-state index in [4.69, 9.17) is 17.0 Å². The third-order valence-electron chi connectivity index (χ3n) is 4.43. The molecule has 0 N–H and O–H groups in total. The van der Waals surface area contributed by atoms with E-state index in [1.54, 1.807) is 11.1 Å². The second kappa shape index (κ2) is 17.8. The molecule has 0 unspecified atom stereocenters. The molecule has 3 heteroatoms. The van der Waals surface area contributed by atoms with Crippen molar-refractivity contribution in [3.8, 4) is 0 Å². The average Bonchev–Trinajstić information content (AvgIpc) is 3.27. The van der Waals surface area contributed by atoms with Gasteiger partial charge in [-0.2, -0.15) is 23.3 Å². The first-order chi connectivity index (χ1) is 12.2. The van der Waals surface area contributed by atoms with Gasteiger partial charge in [-0.3, -0.25) is 12.2 Å². The summed E-state index contributed by atoms with van der Waals surface area (Å²) >= 11 is -0.826. The Hall–Kier alpha value is 0.423. The molecule has 140 valence electrons. The molecular weight excluding hydrogens is 426 g/mol. The van der Waals surface area contributed by atoms with Gasteiger partial charge >= 0.3 is 37.9 Å².